The summed E-state index contributed by atoms with van der Waals surface area (Å²) in [6, 6.07) is 13.7. The number of rotatable bonds is 3. The number of nitrogens with one attached hydrogen (secondary N) is 1. The number of nitrogens with zero attached hydrogens (tertiary/aromatic N) is 1. The van der Waals surface area contributed by atoms with Crippen molar-refractivity contribution in [2.24, 2.45) is 0 Å². The van der Waals surface area contributed by atoms with E-state index in [4.69, 9.17) is 11.6 Å². The van der Waals surface area contributed by atoms with Gasteiger partial charge in [0.1, 0.15) is 10.7 Å². The molecule has 7 heteroatoms. The van der Waals surface area contributed by atoms with E-state index in [2.05, 4.69) is 4.98 Å². The Labute approximate surface area is 150 Å². The van der Waals surface area contributed by atoms with Crippen molar-refractivity contribution in [3.8, 4) is 21.7 Å². The van der Waals surface area contributed by atoms with E-state index < -0.39 is 10.7 Å². The second kappa shape index (κ2) is 5.98. The Hall–Kier alpha value is -2.70. The normalized spacial score (nSPS) is 11.1. The molecule has 124 valence electrons. The first-order chi connectivity index (χ1) is 12.1. The molecular weight excluding hydrogens is 363 g/mol. The highest BCUT2D eigenvalue weighted by Crippen LogP contribution is 2.45. The van der Waals surface area contributed by atoms with E-state index >= 15 is 0 Å². The van der Waals surface area contributed by atoms with Crippen LogP contribution in [0.5, 0.6) is 0 Å². The standard InChI is InChI=1S/C18H10ClFN2O2S/c19-12-9-14-11(8-13(12)20)16(18-15(22(23)24)6-7-25-18)17(21-14)10-4-2-1-3-5-10/h1-9,21H. The summed E-state index contributed by atoms with van der Waals surface area (Å²) in [6.45, 7) is 0. The molecule has 4 rings (SSSR count). The zero-order valence-corrected chi connectivity index (χ0v) is 14.2. The van der Waals surface area contributed by atoms with Crippen molar-refractivity contribution >= 4 is 39.5 Å². The third-order valence-electron chi connectivity index (χ3n) is 3.97. The molecule has 0 bridgehead atoms. The maximum Gasteiger partial charge on any atom is 0.287 e. The van der Waals surface area contributed by atoms with E-state index in [1.54, 1.807) is 5.38 Å². The van der Waals surface area contributed by atoms with Crippen LogP contribution >= 0.6 is 22.9 Å². The Balaban J connectivity index is 2.11. The lowest BCUT2D eigenvalue weighted by Gasteiger charge is -2.03. The fourth-order valence-corrected chi connectivity index (χ4v) is 3.97. The summed E-state index contributed by atoms with van der Waals surface area (Å²) in [6.07, 6.45) is 0. The van der Waals surface area contributed by atoms with Crippen LogP contribution in [0.4, 0.5) is 10.1 Å². The maximum atomic E-state index is 14.1. The van der Waals surface area contributed by atoms with Crippen LogP contribution in [-0.2, 0) is 0 Å². The summed E-state index contributed by atoms with van der Waals surface area (Å²) < 4.78 is 14.1. The molecule has 2 aromatic heterocycles. The van der Waals surface area contributed by atoms with Gasteiger partial charge in [-0.3, -0.25) is 10.1 Å². The van der Waals surface area contributed by atoms with Crippen molar-refractivity contribution in [2.45, 2.75) is 0 Å². The minimum absolute atomic E-state index is 0.000547. The van der Waals surface area contributed by atoms with Crippen molar-refractivity contribution in [1.82, 2.24) is 4.98 Å². The second-order valence-corrected chi connectivity index (χ2v) is 6.77. The molecule has 0 aliphatic heterocycles. The number of aromatic amines is 1. The predicted octanol–water partition coefficient (Wildman–Crippen LogP) is 6.26. The molecule has 0 saturated carbocycles. The first-order valence-corrected chi connectivity index (χ1v) is 8.60. The molecule has 2 aromatic carbocycles. The summed E-state index contributed by atoms with van der Waals surface area (Å²) in [4.78, 5) is 14.7. The first kappa shape index (κ1) is 15.8. The number of hydrogen-bond donors (Lipinski definition) is 1. The summed E-state index contributed by atoms with van der Waals surface area (Å²) in [5.74, 6) is -0.562. The fourth-order valence-electron chi connectivity index (χ4n) is 2.88. The zero-order chi connectivity index (χ0) is 17.6. The molecule has 0 atom stereocenters. The average molecular weight is 373 g/mol. The third kappa shape index (κ3) is 2.59. The van der Waals surface area contributed by atoms with Crippen LogP contribution in [0.1, 0.15) is 0 Å². The predicted molar refractivity (Wildman–Crippen MR) is 98.7 cm³/mol. The van der Waals surface area contributed by atoms with Gasteiger partial charge in [0.25, 0.3) is 5.69 Å². The Kier molecular flexibility index (Phi) is 3.78. The molecule has 4 nitrogen and oxygen atoms in total. The highest BCUT2D eigenvalue weighted by atomic mass is 35.5. The monoisotopic (exact) mass is 372 g/mol. The van der Waals surface area contributed by atoms with Crippen molar-refractivity contribution in [3.05, 3.63) is 74.9 Å². The van der Waals surface area contributed by atoms with Crippen LogP contribution in [0.2, 0.25) is 5.02 Å². The number of thiophene rings is 1. The van der Waals surface area contributed by atoms with Gasteiger partial charge in [0, 0.05) is 22.5 Å². The molecule has 0 saturated heterocycles. The molecule has 0 unspecified atom stereocenters. The SMILES string of the molecule is O=[N+]([O-])c1ccsc1-c1c(-c2ccccc2)[nH]c2cc(Cl)c(F)cc12. The Morgan fingerprint density at radius 2 is 1.92 bits per heavy atom. The van der Waals surface area contributed by atoms with Gasteiger partial charge >= 0.3 is 0 Å². The lowest BCUT2D eigenvalue weighted by Crippen LogP contribution is -1.88. The first-order valence-electron chi connectivity index (χ1n) is 7.34. The van der Waals surface area contributed by atoms with Gasteiger partial charge in [-0.25, -0.2) is 4.39 Å². The van der Waals surface area contributed by atoms with Crippen LogP contribution in [0.3, 0.4) is 0 Å². The van der Waals surface area contributed by atoms with E-state index in [1.165, 1.54) is 29.5 Å². The van der Waals surface area contributed by atoms with Gasteiger partial charge in [0.2, 0.25) is 0 Å². The highest BCUT2D eigenvalue weighted by Gasteiger charge is 2.24. The molecule has 0 radical (unpaired) electrons. The van der Waals surface area contributed by atoms with Crippen LogP contribution in [0.15, 0.2) is 53.9 Å². The number of hydrogen-bond acceptors (Lipinski definition) is 3. The van der Waals surface area contributed by atoms with Crippen molar-refractivity contribution in [3.63, 3.8) is 0 Å². The average Bonchev–Trinajstić information content (AvgIpc) is 3.20. The van der Waals surface area contributed by atoms with Gasteiger partial charge in [0.05, 0.1) is 15.6 Å². The molecule has 4 aromatic rings. The van der Waals surface area contributed by atoms with E-state index in [-0.39, 0.29) is 10.7 Å². The minimum Gasteiger partial charge on any atom is -0.354 e. The lowest BCUT2D eigenvalue weighted by molar-refractivity contribution is -0.383. The number of aromatic nitrogens is 1. The largest absolute Gasteiger partial charge is 0.354 e. The maximum absolute atomic E-state index is 14.1. The number of benzene rings is 2. The molecule has 25 heavy (non-hydrogen) atoms. The number of halogens is 2. The zero-order valence-electron chi connectivity index (χ0n) is 12.6. The number of nitro groups is 1. The van der Waals surface area contributed by atoms with Crippen LogP contribution in [0.25, 0.3) is 32.6 Å². The van der Waals surface area contributed by atoms with E-state index in [0.717, 1.165) is 5.56 Å². The third-order valence-corrected chi connectivity index (χ3v) is 5.18. The highest BCUT2D eigenvalue weighted by molar-refractivity contribution is 7.14. The lowest BCUT2D eigenvalue weighted by atomic mass is 10.0. The van der Waals surface area contributed by atoms with Crippen molar-refractivity contribution in [2.75, 3.05) is 0 Å². The number of fused-ring (bicyclic) bond motifs is 1. The Morgan fingerprint density at radius 3 is 2.64 bits per heavy atom. The van der Waals surface area contributed by atoms with Crippen molar-refractivity contribution < 1.29 is 9.31 Å². The Bertz CT molecular complexity index is 1110. The minimum atomic E-state index is -0.562. The van der Waals surface area contributed by atoms with Gasteiger partial charge in [-0.2, -0.15) is 0 Å². The summed E-state index contributed by atoms with van der Waals surface area (Å²) >= 11 is 7.15. The van der Waals surface area contributed by atoms with Crippen molar-refractivity contribution in [1.29, 1.82) is 0 Å². The molecule has 0 aliphatic rings. The Morgan fingerprint density at radius 1 is 1.16 bits per heavy atom. The molecule has 1 N–H and O–H groups in total. The molecule has 2 heterocycles. The van der Waals surface area contributed by atoms with Crippen LogP contribution < -0.4 is 0 Å². The van der Waals surface area contributed by atoms with Gasteiger partial charge in [-0.05, 0) is 23.1 Å². The van der Waals surface area contributed by atoms with E-state index in [1.807, 2.05) is 30.3 Å². The molecule has 0 amide bonds. The summed E-state index contributed by atoms with van der Waals surface area (Å²) in [5, 5.41) is 13.6. The van der Waals surface area contributed by atoms with Gasteiger partial charge in [-0.15, -0.1) is 11.3 Å². The van der Waals surface area contributed by atoms with Crippen LogP contribution in [0, 0.1) is 15.9 Å². The fraction of sp³-hybridized carbons (Fsp3) is 0. The topological polar surface area (TPSA) is 58.9 Å². The van der Waals surface area contributed by atoms with Gasteiger partial charge < -0.3 is 4.98 Å². The quantitative estimate of drug-likeness (QED) is 0.340. The second-order valence-electron chi connectivity index (χ2n) is 5.45. The van der Waals surface area contributed by atoms with Gasteiger partial charge in [-0.1, -0.05) is 41.9 Å². The number of H-pyrrole nitrogens is 1. The summed E-state index contributed by atoms with van der Waals surface area (Å²) in [5.41, 5.74) is 2.79. The van der Waals surface area contributed by atoms with E-state index in [9.17, 15) is 14.5 Å². The molecule has 0 spiro atoms. The van der Waals surface area contributed by atoms with Crippen LogP contribution in [-0.4, -0.2) is 9.91 Å². The smallest absolute Gasteiger partial charge is 0.287 e. The molecular formula is C18H10ClFN2O2S. The van der Waals surface area contributed by atoms with Gasteiger partial charge in [0.15, 0.2) is 0 Å². The molecule has 0 aliphatic carbocycles. The summed E-state index contributed by atoms with van der Waals surface area (Å²) in [7, 11) is 0. The van der Waals surface area contributed by atoms with E-state index in [0.29, 0.717) is 27.0 Å². The molecule has 0 fully saturated rings.